The first-order chi connectivity index (χ1) is 7.66. The zero-order valence-corrected chi connectivity index (χ0v) is 11.0. The first-order valence-electron chi connectivity index (χ1n) is 5.48. The minimum atomic E-state index is 0.546. The highest BCUT2D eigenvalue weighted by atomic mass is 79.9. The summed E-state index contributed by atoms with van der Waals surface area (Å²) in [6.07, 6.45) is 1.13. The number of halogens is 1. The third-order valence-corrected chi connectivity index (χ3v) is 3.76. The molecule has 2 N–H and O–H groups in total. The van der Waals surface area contributed by atoms with E-state index in [1.807, 2.05) is 12.1 Å². The van der Waals surface area contributed by atoms with Crippen molar-refractivity contribution in [3.05, 3.63) is 28.2 Å². The Labute approximate surface area is 105 Å². The van der Waals surface area contributed by atoms with Crippen LogP contribution in [-0.4, -0.2) is 31.2 Å². The van der Waals surface area contributed by atoms with E-state index in [4.69, 9.17) is 10.5 Å². The van der Waals surface area contributed by atoms with Crippen LogP contribution >= 0.6 is 15.9 Å². The molecule has 1 unspecified atom stereocenters. The lowest BCUT2D eigenvalue weighted by atomic mass is 10.1. The molecule has 0 aliphatic carbocycles. The summed E-state index contributed by atoms with van der Waals surface area (Å²) >= 11 is 3.55. The Bertz CT molecular complexity index is 364. The molecule has 1 fully saturated rings. The molecule has 0 aromatic heterocycles. The lowest BCUT2D eigenvalue weighted by Gasteiger charge is -2.23. The molecule has 16 heavy (non-hydrogen) atoms. The second-order valence-corrected chi connectivity index (χ2v) is 5.14. The standard InChI is InChI=1S/C12H17BrN2O/c1-15(11-4-5-16-8-11)7-9-2-3-10(14)6-12(9)13/h2-3,6,11H,4-5,7-8,14H2,1H3. The summed E-state index contributed by atoms with van der Waals surface area (Å²) in [5.74, 6) is 0. The van der Waals surface area contributed by atoms with Crippen molar-refractivity contribution in [1.29, 1.82) is 0 Å². The largest absolute Gasteiger partial charge is 0.399 e. The van der Waals surface area contributed by atoms with Crippen molar-refractivity contribution in [3.63, 3.8) is 0 Å². The minimum Gasteiger partial charge on any atom is -0.399 e. The van der Waals surface area contributed by atoms with Crippen molar-refractivity contribution >= 4 is 21.6 Å². The zero-order chi connectivity index (χ0) is 11.5. The molecule has 0 bridgehead atoms. The van der Waals surface area contributed by atoms with Crippen LogP contribution in [0.25, 0.3) is 0 Å². The van der Waals surface area contributed by atoms with Crippen molar-refractivity contribution in [3.8, 4) is 0 Å². The van der Waals surface area contributed by atoms with Crippen LogP contribution in [0.1, 0.15) is 12.0 Å². The Hall–Kier alpha value is -0.580. The van der Waals surface area contributed by atoms with E-state index >= 15 is 0 Å². The van der Waals surface area contributed by atoms with Gasteiger partial charge >= 0.3 is 0 Å². The molecule has 1 aliphatic heterocycles. The average Bonchev–Trinajstić information content (AvgIpc) is 2.75. The average molecular weight is 285 g/mol. The van der Waals surface area contributed by atoms with Crippen LogP contribution in [0, 0.1) is 0 Å². The molecular weight excluding hydrogens is 268 g/mol. The second kappa shape index (κ2) is 5.17. The number of anilines is 1. The maximum atomic E-state index is 5.72. The van der Waals surface area contributed by atoms with Crippen molar-refractivity contribution in [2.75, 3.05) is 26.0 Å². The molecule has 1 aromatic carbocycles. The lowest BCUT2D eigenvalue weighted by Crippen LogP contribution is -2.31. The molecule has 3 nitrogen and oxygen atoms in total. The molecule has 1 saturated heterocycles. The lowest BCUT2D eigenvalue weighted by molar-refractivity contribution is 0.156. The van der Waals surface area contributed by atoms with Gasteiger partial charge in [0, 0.05) is 29.4 Å². The molecule has 2 rings (SSSR count). The Kier molecular flexibility index (Phi) is 3.84. The summed E-state index contributed by atoms with van der Waals surface area (Å²) in [5.41, 5.74) is 7.78. The highest BCUT2D eigenvalue weighted by molar-refractivity contribution is 9.10. The smallest absolute Gasteiger partial charge is 0.0622 e. The fourth-order valence-corrected chi connectivity index (χ4v) is 2.48. The van der Waals surface area contributed by atoms with Gasteiger partial charge in [0.1, 0.15) is 0 Å². The van der Waals surface area contributed by atoms with Crippen LogP contribution in [0.4, 0.5) is 5.69 Å². The molecule has 1 aliphatic rings. The Morgan fingerprint density at radius 3 is 3.00 bits per heavy atom. The van der Waals surface area contributed by atoms with Crippen molar-refractivity contribution in [2.24, 2.45) is 0 Å². The Morgan fingerprint density at radius 2 is 2.38 bits per heavy atom. The van der Waals surface area contributed by atoms with Gasteiger partial charge in [-0.25, -0.2) is 0 Å². The van der Waals surface area contributed by atoms with E-state index in [9.17, 15) is 0 Å². The summed E-state index contributed by atoms with van der Waals surface area (Å²) in [7, 11) is 2.14. The van der Waals surface area contributed by atoms with Gasteiger partial charge in [-0.1, -0.05) is 22.0 Å². The number of likely N-dealkylation sites (N-methyl/N-ethyl adjacent to an activating group) is 1. The van der Waals surface area contributed by atoms with Crippen LogP contribution in [0.3, 0.4) is 0 Å². The van der Waals surface area contributed by atoms with E-state index in [-0.39, 0.29) is 0 Å². The van der Waals surface area contributed by atoms with Crippen molar-refractivity contribution in [2.45, 2.75) is 19.0 Å². The van der Waals surface area contributed by atoms with Crippen LogP contribution in [-0.2, 0) is 11.3 Å². The molecule has 0 amide bonds. The highest BCUT2D eigenvalue weighted by Crippen LogP contribution is 2.22. The fourth-order valence-electron chi connectivity index (χ4n) is 1.96. The van der Waals surface area contributed by atoms with Crippen molar-refractivity contribution in [1.82, 2.24) is 4.90 Å². The van der Waals surface area contributed by atoms with Gasteiger partial charge in [0.2, 0.25) is 0 Å². The summed E-state index contributed by atoms with van der Waals surface area (Å²) in [6.45, 7) is 2.66. The summed E-state index contributed by atoms with van der Waals surface area (Å²) in [4.78, 5) is 2.34. The minimum absolute atomic E-state index is 0.546. The van der Waals surface area contributed by atoms with Gasteiger partial charge in [0.25, 0.3) is 0 Å². The van der Waals surface area contributed by atoms with Gasteiger partial charge in [-0.15, -0.1) is 0 Å². The quantitative estimate of drug-likeness (QED) is 0.866. The molecule has 0 saturated carbocycles. The van der Waals surface area contributed by atoms with Gasteiger partial charge in [0.05, 0.1) is 6.61 Å². The number of nitrogens with two attached hydrogens (primary N) is 1. The number of nitrogen functional groups attached to an aromatic ring is 1. The van der Waals surface area contributed by atoms with Gasteiger partial charge in [0.15, 0.2) is 0 Å². The van der Waals surface area contributed by atoms with Gasteiger partial charge < -0.3 is 10.5 Å². The van der Waals surface area contributed by atoms with Crippen LogP contribution in [0.5, 0.6) is 0 Å². The third kappa shape index (κ3) is 2.75. The topological polar surface area (TPSA) is 38.5 Å². The van der Waals surface area contributed by atoms with Gasteiger partial charge in [-0.3, -0.25) is 4.90 Å². The van der Waals surface area contributed by atoms with Crippen molar-refractivity contribution < 1.29 is 4.74 Å². The fraction of sp³-hybridized carbons (Fsp3) is 0.500. The number of benzene rings is 1. The molecule has 4 heteroatoms. The predicted octanol–water partition coefficient (Wildman–Crippen LogP) is 2.25. The van der Waals surface area contributed by atoms with Gasteiger partial charge in [-0.2, -0.15) is 0 Å². The number of rotatable bonds is 3. The molecule has 0 radical (unpaired) electrons. The van der Waals surface area contributed by atoms with E-state index in [0.29, 0.717) is 6.04 Å². The Morgan fingerprint density at radius 1 is 1.56 bits per heavy atom. The molecule has 1 heterocycles. The summed E-state index contributed by atoms with van der Waals surface area (Å²) in [6, 6.07) is 6.52. The number of hydrogen-bond donors (Lipinski definition) is 1. The third-order valence-electron chi connectivity index (χ3n) is 3.03. The van der Waals surface area contributed by atoms with Gasteiger partial charge in [-0.05, 0) is 31.2 Å². The monoisotopic (exact) mass is 284 g/mol. The molecular formula is C12H17BrN2O. The van der Waals surface area contributed by atoms with E-state index < -0.39 is 0 Å². The second-order valence-electron chi connectivity index (χ2n) is 4.28. The molecule has 88 valence electrons. The molecule has 1 aromatic rings. The van der Waals surface area contributed by atoms with E-state index in [2.05, 4.69) is 33.9 Å². The van der Waals surface area contributed by atoms with E-state index in [1.165, 1.54) is 5.56 Å². The number of ether oxygens (including phenoxy) is 1. The maximum absolute atomic E-state index is 5.72. The SMILES string of the molecule is CN(Cc1ccc(N)cc1Br)C1CCOC1. The van der Waals surface area contributed by atoms with E-state index in [0.717, 1.165) is 36.3 Å². The normalized spacial score (nSPS) is 20.6. The molecule has 1 atom stereocenters. The first-order valence-corrected chi connectivity index (χ1v) is 6.28. The van der Waals surface area contributed by atoms with E-state index in [1.54, 1.807) is 0 Å². The van der Waals surface area contributed by atoms with Crippen LogP contribution < -0.4 is 5.73 Å². The molecule has 0 spiro atoms. The maximum Gasteiger partial charge on any atom is 0.0622 e. The number of hydrogen-bond acceptors (Lipinski definition) is 3. The first kappa shape index (κ1) is 11.9. The Balaban J connectivity index is 2.02. The summed E-state index contributed by atoms with van der Waals surface area (Å²) in [5, 5.41) is 0. The number of nitrogens with zero attached hydrogens (tertiary/aromatic N) is 1. The van der Waals surface area contributed by atoms with Crippen LogP contribution in [0.2, 0.25) is 0 Å². The summed E-state index contributed by atoms with van der Waals surface area (Å²) < 4.78 is 6.47. The zero-order valence-electron chi connectivity index (χ0n) is 9.45. The highest BCUT2D eigenvalue weighted by Gasteiger charge is 2.20. The van der Waals surface area contributed by atoms with Crippen LogP contribution in [0.15, 0.2) is 22.7 Å². The predicted molar refractivity (Wildman–Crippen MR) is 69.2 cm³/mol.